The molecule has 68 heavy (non-hydrogen) atoms. The third-order valence-corrected chi connectivity index (χ3v) is 14.5. The van der Waals surface area contributed by atoms with Crippen LogP contribution in [0.15, 0.2) is 61.1 Å². The summed E-state index contributed by atoms with van der Waals surface area (Å²) in [6.07, 6.45) is 7.32. The van der Waals surface area contributed by atoms with Crippen LogP contribution in [0.25, 0.3) is 33.1 Å². The van der Waals surface area contributed by atoms with Crippen LogP contribution in [0.1, 0.15) is 62.2 Å². The third-order valence-electron chi connectivity index (χ3n) is 13.9. The Hall–Kier alpha value is -6.37. The number of piperazine rings is 1. The van der Waals surface area contributed by atoms with Gasteiger partial charge in [0.15, 0.2) is 11.6 Å². The number of aromatic amines is 1. The molecule has 4 aromatic heterocycles. The van der Waals surface area contributed by atoms with Gasteiger partial charge in [0.05, 0.1) is 22.1 Å². The maximum absolute atomic E-state index is 16.1. The van der Waals surface area contributed by atoms with Gasteiger partial charge < -0.3 is 19.4 Å². The molecule has 20 heteroatoms. The summed E-state index contributed by atoms with van der Waals surface area (Å²) in [5, 5.41) is 16.7. The van der Waals surface area contributed by atoms with Crippen molar-refractivity contribution in [3.05, 3.63) is 88.0 Å². The van der Waals surface area contributed by atoms with E-state index in [-0.39, 0.29) is 48.3 Å². The van der Waals surface area contributed by atoms with Gasteiger partial charge in [0.1, 0.15) is 28.9 Å². The fourth-order valence-corrected chi connectivity index (χ4v) is 10.8. The molecule has 4 fully saturated rings. The first kappa shape index (κ1) is 45.4. The lowest BCUT2D eigenvalue weighted by atomic mass is 9.88. The van der Waals surface area contributed by atoms with Crippen molar-refractivity contribution in [1.29, 1.82) is 0 Å². The number of H-pyrrole nitrogens is 1. The molecule has 4 aliphatic rings. The number of amides is 5. The van der Waals surface area contributed by atoms with E-state index in [1.165, 1.54) is 9.58 Å². The van der Waals surface area contributed by atoms with Gasteiger partial charge in [-0.1, -0.05) is 29.3 Å². The van der Waals surface area contributed by atoms with Crippen LogP contribution < -0.4 is 19.9 Å². The zero-order valence-corrected chi connectivity index (χ0v) is 39.3. The molecule has 1 atom stereocenters. The summed E-state index contributed by atoms with van der Waals surface area (Å²) in [6.45, 7) is 7.33. The molecular formula is C48H51Cl2FN12O5. The van der Waals surface area contributed by atoms with E-state index in [0.717, 1.165) is 28.0 Å². The quantitative estimate of drug-likeness (QED) is 0.149. The number of imide groups is 1. The van der Waals surface area contributed by atoms with Crippen molar-refractivity contribution in [2.75, 3.05) is 75.2 Å². The monoisotopic (exact) mass is 964 g/mol. The predicted octanol–water partition coefficient (Wildman–Crippen LogP) is 6.71. The lowest BCUT2D eigenvalue weighted by Gasteiger charge is -2.39. The standard InChI is InChI=1S/C48H51Cl2FN12O5/c1-28(42-36(49)25-52-26-37(42)50)68-32-4-7-38-35(23-32)44(56-55-38)31-3-8-39(53-24-31)60-19-21-62(22-20-60)47(66)30-9-14-59(15-10-30)27-41(65)61-16-11-29(12-17-61)33-5-6-34-45(43(33)51)58(2)57-46(34)63-18-13-40(64)54-48(63)67/h3-8,23-26,28-30H,9-22,27H2,1-2H3,(H,55,56)(H,54,64,67)/t28-/m1/s1. The summed E-state index contributed by atoms with van der Waals surface area (Å²) in [7, 11) is 1.65. The highest BCUT2D eigenvalue weighted by atomic mass is 35.5. The van der Waals surface area contributed by atoms with E-state index in [2.05, 4.69) is 35.4 Å². The fraction of sp³-hybridized carbons (Fsp3) is 0.417. The van der Waals surface area contributed by atoms with Gasteiger partial charge in [-0.25, -0.2) is 14.2 Å². The number of aryl methyl sites for hydroxylation is 1. The number of halogens is 3. The molecule has 0 aliphatic carbocycles. The number of piperidine rings is 2. The van der Waals surface area contributed by atoms with Crippen molar-refractivity contribution in [3.63, 3.8) is 0 Å². The topological polar surface area (TPSA) is 178 Å². The minimum Gasteiger partial charge on any atom is -0.486 e. The third kappa shape index (κ3) is 8.92. The molecule has 5 amide bonds. The van der Waals surface area contributed by atoms with E-state index in [1.807, 2.05) is 53.3 Å². The number of urea groups is 1. The molecule has 2 aromatic carbocycles. The fourth-order valence-electron chi connectivity index (χ4n) is 10.2. The Kier molecular flexibility index (Phi) is 12.7. The molecule has 10 rings (SSSR count). The summed E-state index contributed by atoms with van der Waals surface area (Å²) < 4.78 is 23.8. The number of hydrogen-bond donors (Lipinski definition) is 2. The molecule has 2 N–H and O–H groups in total. The van der Waals surface area contributed by atoms with Gasteiger partial charge in [-0.05, 0) is 93.6 Å². The van der Waals surface area contributed by atoms with Gasteiger partial charge in [-0.2, -0.15) is 10.2 Å². The highest BCUT2D eigenvalue weighted by Crippen LogP contribution is 2.38. The minimum atomic E-state index is -0.569. The number of likely N-dealkylation sites (tertiary alicyclic amines) is 2. The van der Waals surface area contributed by atoms with E-state index >= 15 is 4.39 Å². The van der Waals surface area contributed by atoms with Crippen LogP contribution in [-0.2, 0) is 21.4 Å². The summed E-state index contributed by atoms with van der Waals surface area (Å²) in [5.41, 5.74) is 4.01. The van der Waals surface area contributed by atoms with Gasteiger partial charge in [0.2, 0.25) is 17.7 Å². The highest BCUT2D eigenvalue weighted by molar-refractivity contribution is 6.35. The van der Waals surface area contributed by atoms with E-state index < -0.39 is 12.1 Å². The average Bonchev–Trinajstić information content (AvgIpc) is 3.92. The molecule has 8 heterocycles. The molecule has 4 aliphatic heterocycles. The van der Waals surface area contributed by atoms with Crippen molar-refractivity contribution in [3.8, 4) is 17.0 Å². The smallest absolute Gasteiger partial charge is 0.329 e. The lowest BCUT2D eigenvalue weighted by Crippen LogP contribution is -2.52. The van der Waals surface area contributed by atoms with Crippen molar-refractivity contribution in [1.82, 2.24) is 50.0 Å². The SMILES string of the molecule is C[C@@H](Oc1ccc2[nH]nc(-c3ccc(N4CCN(C(=O)C5CCN(CC(=O)N6CCC(c7ccc8c(N9CCC(=O)NC9=O)nn(C)c8c7F)CC6)CC5)CC4)nc3)c2c1)c1c(Cl)cncc1Cl. The van der Waals surface area contributed by atoms with Crippen LogP contribution in [0.5, 0.6) is 5.75 Å². The second-order valence-electron chi connectivity index (χ2n) is 18.0. The molecule has 4 saturated heterocycles. The number of anilines is 2. The Labute approximate surface area is 401 Å². The zero-order chi connectivity index (χ0) is 47.2. The number of ether oxygens (including phenoxy) is 1. The predicted molar refractivity (Wildman–Crippen MR) is 255 cm³/mol. The zero-order valence-electron chi connectivity index (χ0n) is 37.8. The summed E-state index contributed by atoms with van der Waals surface area (Å²) >= 11 is 12.8. The Morgan fingerprint density at radius 3 is 2.32 bits per heavy atom. The van der Waals surface area contributed by atoms with E-state index in [0.29, 0.717) is 128 Å². The average molecular weight is 966 g/mol. The van der Waals surface area contributed by atoms with Crippen molar-refractivity contribution >= 4 is 80.4 Å². The van der Waals surface area contributed by atoms with E-state index in [1.54, 1.807) is 31.6 Å². The van der Waals surface area contributed by atoms with Crippen molar-refractivity contribution in [2.45, 2.75) is 51.0 Å². The highest BCUT2D eigenvalue weighted by Gasteiger charge is 2.34. The second-order valence-corrected chi connectivity index (χ2v) is 18.9. The summed E-state index contributed by atoms with van der Waals surface area (Å²) in [4.78, 5) is 69.8. The van der Waals surface area contributed by atoms with Crippen LogP contribution >= 0.6 is 23.2 Å². The normalized spacial score (nSPS) is 18.4. The van der Waals surface area contributed by atoms with Crippen molar-refractivity contribution < 1.29 is 28.3 Å². The number of aromatic nitrogens is 6. The summed E-state index contributed by atoms with van der Waals surface area (Å²) in [5.74, 6) is 1.16. The largest absolute Gasteiger partial charge is 0.486 e. The molecular weight excluding hydrogens is 915 g/mol. The number of benzene rings is 2. The number of rotatable bonds is 10. The van der Waals surface area contributed by atoms with Gasteiger partial charge in [-0.15, -0.1) is 0 Å². The number of fused-ring (bicyclic) bond motifs is 2. The number of hydrogen-bond acceptors (Lipinski definition) is 11. The van der Waals surface area contributed by atoms with Gasteiger partial charge >= 0.3 is 6.03 Å². The molecule has 0 unspecified atom stereocenters. The maximum Gasteiger partial charge on any atom is 0.329 e. The number of carbonyl (C=O) groups excluding carboxylic acids is 4. The molecule has 0 radical (unpaired) electrons. The molecule has 6 aromatic rings. The maximum atomic E-state index is 16.1. The molecule has 0 spiro atoms. The molecule has 17 nitrogen and oxygen atoms in total. The Morgan fingerprint density at radius 2 is 1.62 bits per heavy atom. The number of nitrogens with zero attached hydrogens (tertiary/aromatic N) is 10. The van der Waals surface area contributed by atoms with Crippen LogP contribution in [0.4, 0.5) is 20.8 Å². The first-order valence-electron chi connectivity index (χ1n) is 23.1. The van der Waals surface area contributed by atoms with E-state index in [4.69, 9.17) is 32.9 Å². The first-order chi connectivity index (χ1) is 32.9. The lowest BCUT2D eigenvalue weighted by molar-refractivity contribution is -0.138. The second kappa shape index (κ2) is 19.0. The number of nitrogens with one attached hydrogen (secondary N) is 2. The van der Waals surface area contributed by atoms with E-state index in [9.17, 15) is 19.2 Å². The molecule has 0 bridgehead atoms. The van der Waals surface area contributed by atoms with Crippen molar-refractivity contribution in [2.24, 2.45) is 13.0 Å². The van der Waals surface area contributed by atoms with Gasteiger partial charge in [0, 0.05) is 106 Å². The van der Waals surface area contributed by atoms with Crippen LogP contribution in [0.2, 0.25) is 10.0 Å². The van der Waals surface area contributed by atoms with Gasteiger partial charge in [0.25, 0.3) is 0 Å². The molecule has 354 valence electrons. The van der Waals surface area contributed by atoms with Crippen LogP contribution in [-0.4, -0.2) is 134 Å². The Balaban J connectivity index is 0.674. The number of carbonyl (C=O) groups is 4. The molecule has 0 saturated carbocycles. The Morgan fingerprint density at radius 1 is 0.868 bits per heavy atom. The van der Waals surface area contributed by atoms with Crippen LogP contribution in [0, 0.1) is 11.7 Å². The first-order valence-corrected chi connectivity index (χ1v) is 23.9. The van der Waals surface area contributed by atoms with Gasteiger partial charge in [-0.3, -0.25) is 44.3 Å². The minimum absolute atomic E-state index is 0.0533. The summed E-state index contributed by atoms with van der Waals surface area (Å²) in [6, 6.07) is 12.7. The van der Waals surface area contributed by atoms with Crippen LogP contribution in [0.3, 0.4) is 0 Å². The Bertz CT molecular complexity index is 2890. The number of pyridine rings is 2.